The van der Waals surface area contributed by atoms with Crippen molar-refractivity contribution in [3.8, 4) is 0 Å². The highest BCUT2D eigenvalue weighted by molar-refractivity contribution is 4.78. The molecule has 0 bridgehead atoms. The molecule has 0 aromatic carbocycles. The molecule has 1 saturated carbocycles. The number of hydrogen-bond acceptors (Lipinski definition) is 3. The number of piperidine rings is 1. The summed E-state index contributed by atoms with van der Waals surface area (Å²) in [5.74, 6) is 0.702. The largest absolute Gasteiger partial charge is 0.393 e. The van der Waals surface area contributed by atoms with Crippen LogP contribution >= 0.6 is 0 Å². The molecule has 3 heteroatoms. The molecular weight excluding hydrogens is 212 g/mol. The zero-order valence-electron chi connectivity index (χ0n) is 11.2. The standard InChI is InChI=1S/C14H28N2O/c1-16-8-3-2-6-13(16)11-15-10-12-5-4-7-14(17)9-12/h12-15,17H,2-11H2,1H3. The Bertz CT molecular complexity index is 222. The van der Waals surface area contributed by atoms with Crippen molar-refractivity contribution in [2.45, 2.75) is 57.1 Å². The highest BCUT2D eigenvalue weighted by Gasteiger charge is 2.21. The first-order valence-corrected chi connectivity index (χ1v) is 7.34. The molecule has 2 N–H and O–H groups in total. The minimum atomic E-state index is -0.0343. The lowest BCUT2D eigenvalue weighted by atomic mass is 9.87. The van der Waals surface area contributed by atoms with E-state index < -0.39 is 0 Å². The Morgan fingerprint density at radius 2 is 2.00 bits per heavy atom. The average Bonchev–Trinajstić information content (AvgIpc) is 2.32. The first-order chi connectivity index (χ1) is 8.25. The molecule has 0 spiro atoms. The summed E-state index contributed by atoms with van der Waals surface area (Å²) >= 11 is 0. The zero-order chi connectivity index (χ0) is 12.1. The van der Waals surface area contributed by atoms with E-state index in [1.165, 1.54) is 38.6 Å². The summed E-state index contributed by atoms with van der Waals surface area (Å²) in [5.41, 5.74) is 0. The van der Waals surface area contributed by atoms with Crippen molar-refractivity contribution >= 4 is 0 Å². The molecule has 1 saturated heterocycles. The molecule has 3 nitrogen and oxygen atoms in total. The zero-order valence-corrected chi connectivity index (χ0v) is 11.2. The molecule has 100 valence electrons. The molecule has 2 rings (SSSR count). The van der Waals surface area contributed by atoms with Crippen LogP contribution in [-0.2, 0) is 0 Å². The van der Waals surface area contributed by atoms with Crippen LogP contribution in [-0.4, -0.2) is 48.8 Å². The molecule has 3 atom stereocenters. The number of likely N-dealkylation sites (N-methyl/N-ethyl adjacent to an activating group) is 1. The van der Waals surface area contributed by atoms with Crippen molar-refractivity contribution in [2.24, 2.45) is 5.92 Å². The highest BCUT2D eigenvalue weighted by Crippen LogP contribution is 2.23. The number of nitrogens with one attached hydrogen (secondary N) is 1. The molecule has 0 amide bonds. The van der Waals surface area contributed by atoms with E-state index in [4.69, 9.17) is 0 Å². The van der Waals surface area contributed by atoms with Crippen molar-refractivity contribution < 1.29 is 5.11 Å². The van der Waals surface area contributed by atoms with Gasteiger partial charge in [0.1, 0.15) is 0 Å². The first kappa shape index (κ1) is 13.3. The van der Waals surface area contributed by atoms with Gasteiger partial charge in [-0.2, -0.15) is 0 Å². The van der Waals surface area contributed by atoms with Crippen molar-refractivity contribution in [3.05, 3.63) is 0 Å². The Morgan fingerprint density at radius 3 is 2.76 bits per heavy atom. The van der Waals surface area contributed by atoms with Gasteiger partial charge in [0.15, 0.2) is 0 Å². The van der Waals surface area contributed by atoms with Gasteiger partial charge >= 0.3 is 0 Å². The molecular formula is C14H28N2O. The third kappa shape index (κ3) is 4.23. The molecule has 3 unspecified atom stereocenters. The maximum absolute atomic E-state index is 9.63. The van der Waals surface area contributed by atoms with Crippen LogP contribution in [0.15, 0.2) is 0 Å². The second kappa shape index (κ2) is 6.72. The second-order valence-corrected chi connectivity index (χ2v) is 5.97. The van der Waals surface area contributed by atoms with Gasteiger partial charge in [-0.1, -0.05) is 12.8 Å². The fraction of sp³-hybridized carbons (Fsp3) is 1.00. The molecule has 0 aromatic heterocycles. The molecule has 2 aliphatic rings. The molecule has 17 heavy (non-hydrogen) atoms. The van der Waals surface area contributed by atoms with E-state index in [0.29, 0.717) is 5.92 Å². The van der Waals surface area contributed by atoms with Crippen LogP contribution < -0.4 is 5.32 Å². The normalized spacial score (nSPS) is 36.0. The number of hydrogen-bond donors (Lipinski definition) is 2. The van der Waals surface area contributed by atoms with E-state index >= 15 is 0 Å². The Hall–Kier alpha value is -0.120. The van der Waals surface area contributed by atoms with Gasteiger partial charge in [0.25, 0.3) is 0 Å². The second-order valence-electron chi connectivity index (χ2n) is 5.97. The van der Waals surface area contributed by atoms with Gasteiger partial charge in [0.05, 0.1) is 6.10 Å². The molecule has 2 fully saturated rings. The van der Waals surface area contributed by atoms with E-state index in [2.05, 4.69) is 17.3 Å². The Balaban J connectivity index is 1.61. The fourth-order valence-corrected chi connectivity index (χ4v) is 3.30. The lowest BCUT2D eigenvalue weighted by Gasteiger charge is -2.33. The van der Waals surface area contributed by atoms with Crippen molar-refractivity contribution in [2.75, 3.05) is 26.7 Å². The third-order valence-corrected chi connectivity index (χ3v) is 4.49. The van der Waals surface area contributed by atoms with Gasteiger partial charge in [-0.05, 0) is 58.2 Å². The smallest absolute Gasteiger partial charge is 0.0543 e. The fourth-order valence-electron chi connectivity index (χ4n) is 3.30. The summed E-state index contributed by atoms with van der Waals surface area (Å²) in [7, 11) is 2.25. The van der Waals surface area contributed by atoms with Gasteiger partial charge in [0.2, 0.25) is 0 Å². The Labute approximate surface area is 106 Å². The van der Waals surface area contributed by atoms with E-state index in [1.807, 2.05) is 0 Å². The van der Waals surface area contributed by atoms with E-state index in [1.54, 1.807) is 0 Å². The minimum Gasteiger partial charge on any atom is -0.393 e. The molecule has 0 radical (unpaired) electrons. The predicted octanol–water partition coefficient (Wildman–Crippen LogP) is 1.61. The van der Waals surface area contributed by atoms with Gasteiger partial charge < -0.3 is 15.3 Å². The monoisotopic (exact) mass is 240 g/mol. The summed E-state index contributed by atoms with van der Waals surface area (Å²) in [4.78, 5) is 2.49. The molecule has 1 aliphatic heterocycles. The topological polar surface area (TPSA) is 35.5 Å². The number of likely N-dealkylation sites (tertiary alicyclic amines) is 1. The first-order valence-electron chi connectivity index (χ1n) is 7.34. The van der Waals surface area contributed by atoms with Crippen molar-refractivity contribution in [3.63, 3.8) is 0 Å². The van der Waals surface area contributed by atoms with E-state index in [9.17, 15) is 5.11 Å². The SMILES string of the molecule is CN1CCCCC1CNCC1CCCC(O)C1. The lowest BCUT2D eigenvalue weighted by molar-refractivity contribution is 0.0990. The number of aliphatic hydroxyl groups excluding tert-OH is 1. The van der Waals surface area contributed by atoms with Crippen LogP contribution in [0, 0.1) is 5.92 Å². The summed E-state index contributed by atoms with van der Waals surface area (Å²) in [5, 5.41) is 13.3. The predicted molar refractivity (Wildman–Crippen MR) is 71.1 cm³/mol. The molecule has 1 aliphatic carbocycles. The molecule has 1 heterocycles. The van der Waals surface area contributed by atoms with Gasteiger partial charge in [-0.15, -0.1) is 0 Å². The van der Waals surface area contributed by atoms with Gasteiger partial charge in [-0.25, -0.2) is 0 Å². The quantitative estimate of drug-likeness (QED) is 0.784. The van der Waals surface area contributed by atoms with Crippen molar-refractivity contribution in [1.82, 2.24) is 10.2 Å². The highest BCUT2D eigenvalue weighted by atomic mass is 16.3. The summed E-state index contributed by atoms with van der Waals surface area (Å²) < 4.78 is 0. The van der Waals surface area contributed by atoms with E-state index in [0.717, 1.165) is 32.0 Å². The van der Waals surface area contributed by atoms with Crippen LogP contribution in [0.25, 0.3) is 0 Å². The third-order valence-electron chi connectivity index (χ3n) is 4.49. The minimum absolute atomic E-state index is 0.0343. The Kier molecular flexibility index (Phi) is 5.26. The van der Waals surface area contributed by atoms with Crippen LogP contribution in [0.1, 0.15) is 44.9 Å². The average molecular weight is 240 g/mol. The summed E-state index contributed by atoms with van der Waals surface area (Å²) in [6.45, 7) is 3.49. The number of aliphatic hydroxyl groups is 1. The number of nitrogens with zero attached hydrogens (tertiary/aromatic N) is 1. The summed E-state index contributed by atoms with van der Waals surface area (Å²) in [6.07, 6.45) is 8.58. The van der Waals surface area contributed by atoms with Crippen LogP contribution in [0.5, 0.6) is 0 Å². The summed E-state index contributed by atoms with van der Waals surface area (Å²) in [6, 6.07) is 0.734. The van der Waals surface area contributed by atoms with Crippen LogP contribution in [0.3, 0.4) is 0 Å². The Morgan fingerprint density at radius 1 is 1.12 bits per heavy atom. The van der Waals surface area contributed by atoms with Gasteiger partial charge in [0, 0.05) is 12.6 Å². The van der Waals surface area contributed by atoms with Gasteiger partial charge in [-0.3, -0.25) is 0 Å². The maximum Gasteiger partial charge on any atom is 0.0543 e. The van der Waals surface area contributed by atoms with Crippen LogP contribution in [0.2, 0.25) is 0 Å². The van der Waals surface area contributed by atoms with E-state index in [-0.39, 0.29) is 6.10 Å². The number of rotatable bonds is 4. The van der Waals surface area contributed by atoms with Crippen LogP contribution in [0.4, 0.5) is 0 Å². The lowest BCUT2D eigenvalue weighted by Crippen LogP contribution is -2.44. The maximum atomic E-state index is 9.63. The van der Waals surface area contributed by atoms with Crippen molar-refractivity contribution in [1.29, 1.82) is 0 Å². The molecule has 0 aromatic rings.